The van der Waals surface area contributed by atoms with Crippen molar-refractivity contribution in [1.82, 2.24) is 0 Å². The Morgan fingerprint density at radius 1 is 0.608 bits per heavy atom. The van der Waals surface area contributed by atoms with Crippen LogP contribution in [0.25, 0.3) is 0 Å². The number of phosphoric ester groups is 1. The summed E-state index contributed by atoms with van der Waals surface area (Å²) in [7, 11) is -4.80. The van der Waals surface area contributed by atoms with E-state index in [1.807, 2.05) is 12.2 Å². The summed E-state index contributed by atoms with van der Waals surface area (Å²) in [6, 6.07) is 0. The molecule has 296 valence electrons. The molecule has 1 unspecified atom stereocenters. The largest absolute Gasteiger partial charge is 0.469 e. The number of rotatable bonds is 36. The van der Waals surface area contributed by atoms with E-state index >= 15 is 0 Å². The fraction of sp³-hybridized carbons (Fsp3) is 0.756. The molecule has 9 nitrogen and oxygen atoms in total. The van der Waals surface area contributed by atoms with Crippen molar-refractivity contribution in [3.05, 3.63) is 48.6 Å². The second-order valence-corrected chi connectivity index (χ2v) is 14.7. The van der Waals surface area contributed by atoms with E-state index in [1.54, 1.807) is 12.2 Å². The first-order valence-corrected chi connectivity index (χ1v) is 21.6. The monoisotopic (exact) mass is 740 g/mol. The Morgan fingerprint density at radius 2 is 1.12 bits per heavy atom. The van der Waals surface area contributed by atoms with Crippen LogP contribution >= 0.6 is 7.82 Å². The zero-order chi connectivity index (χ0) is 37.7. The SMILES string of the molecule is CCCCCCCC/C=C\CCCCCCCC(=O)O[C@H](COC(=O)CCCC(O)/C=C/C=C/C/C=C/CCCCCCCC)COP(=O)(O)O. The summed E-state index contributed by atoms with van der Waals surface area (Å²) in [5.74, 6) is -1.09. The standard InChI is InChI=1S/C41H73O9P/c1-3-5-7-9-11-13-15-17-18-20-22-24-26-28-30-34-41(44)50-39(37-49-51(45,46)47)36-48-40(43)35-31-33-38(42)32-29-27-25-23-21-19-16-14-12-10-8-6-4-2/h17-19,21,25,27,29,32,38-39,42H,3-16,20,22-24,26,28,30-31,33-37H2,1-2H3,(H2,45,46,47)/b18-17-,21-19+,27-25+,32-29+/t38?,39-/m1/s1. The maximum Gasteiger partial charge on any atom is 0.469 e. The molecule has 0 aromatic heterocycles. The van der Waals surface area contributed by atoms with Crippen LogP contribution in [0, 0.1) is 0 Å². The maximum absolute atomic E-state index is 12.4. The molecule has 0 aromatic carbocycles. The van der Waals surface area contributed by atoms with Crippen LogP contribution in [0.4, 0.5) is 0 Å². The minimum atomic E-state index is -4.80. The summed E-state index contributed by atoms with van der Waals surface area (Å²) in [4.78, 5) is 42.8. The highest BCUT2D eigenvalue weighted by atomic mass is 31.2. The van der Waals surface area contributed by atoms with Crippen molar-refractivity contribution in [2.45, 2.75) is 187 Å². The van der Waals surface area contributed by atoms with Crippen molar-refractivity contribution >= 4 is 19.8 Å². The van der Waals surface area contributed by atoms with Gasteiger partial charge >= 0.3 is 19.8 Å². The summed E-state index contributed by atoms with van der Waals surface area (Å²) in [6.45, 7) is 3.49. The Morgan fingerprint density at radius 3 is 1.69 bits per heavy atom. The third kappa shape index (κ3) is 39.0. The van der Waals surface area contributed by atoms with Crippen molar-refractivity contribution in [3.63, 3.8) is 0 Å². The zero-order valence-corrected chi connectivity index (χ0v) is 33.0. The fourth-order valence-corrected chi connectivity index (χ4v) is 5.74. The van der Waals surface area contributed by atoms with Crippen LogP contribution < -0.4 is 0 Å². The molecular weight excluding hydrogens is 667 g/mol. The van der Waals surface area contributed by atoms with E-state index in [0.29, 0.717) is 19.3 Å². The molecule has 0 spiro atoms. The molecule has 0 aliphatic heterocycles. The third-order valence-electron chi connectivity index (χ3n) is 8.42. The van der Waals surface area contributed by atoms with Gasteiger partial charge in [-0.1, -0.05) is 146 Å². The summed E-state index contributed by atoms with van der Waals surface area (Å²) < 4.78 is 26.2. The summed E-state index contributed by atoms with van der Waals surface area (Å²) in [5.41, 5.74) is 0. The smallest absolute Gasteiger partial charge is 0.462 e. The van der Waals surface area contributed by atoms with E-state index in [1.165, 1.54) is 77.0 Å². The lowest BCUT2D eigenvalue weighted by Crippen LogP contribution is -2.29. The Labute approximate surface area is 310 Å². The van der Waals surface area contributed by atoms with Gasteiger partial charge in [0.15, 0.2) is 6.10 Å². The first-order valence-electron chi connectivity index (χ1n) is 20.0. The Balaban J connectivity index is 4.15. The number of ether oxygens (including phenoxy) is 2. The number of allylic oxidation sites excluding steroid dienone is 7. The van der Waals surface area contributed by atoms with Crippen molar-refractivity contribution in [2.24, 2.45) is 0 Å². The van der Waals surface area contributed by atoms with Gasteiger partial charge in [0.25, 0.3) is 0 Å². The van der Waals surface area contributed by atoms with Crippen LogP contribution in [0.1, 0.15) is 174 Å². The van der Waals surface area contributed by atoms with Crippen LogP contribution in [-0.4, -0.2) is 52.3 Å². The molecule has 0 bridgehead atoms. The Bertz CT molecular complexity index is 986. The molecular formula is C41H73O9P. The number of carbonyl (C=O) groups is 2. The van der Waals surface area contributed by atoms with Gasteiger partial charge in [0, 0.05) is 12.8 Å². The number of aliphatic hydroxyl groups is 1. The molecule has 0 aromatic rings. The highest BCUT2D eigenvalue weighted by Gasteiger charge is 2.23. The normalized spacial score (nSPS) is 13.6. The summed E-state index contributed by atoms with van der Waals surface area (Å²) in [5, 5.41) is 10.2. The van der Waals surface area contributed by atoms with Gasteiger partial charge in [-0.3, -0.25) is 14.1 Å². The van der Waals surface area contributed by atoms with Gasteiger partial charge in [0.2, 0.25) is 0 Å². The molecule has 0 heterocycles. The van der Waals surface area contributed by atoms with Gasteiger partial charge in [0.05, 0.1) is 12.7 Å². The zero-order valence-electron chi connectivity index (χ0n) is 32.1. The number of hydrogen-bond donors (Lipinski definition) is 3. The van der Waals surface area contributed by atoms with Crippen molar-refractivity contribution in [3.8, 4) is 0 Å². The van der Waals surface area contributed by atoms with Gasteiger partial charge in [-0.05, 0) is 64.2 Å². The van der Waals surface area contributed by atoms with Crippen LogP contribution in [0.2, 0.25) is 0 Å². The van der Waals surface area contributed by atoms with E-state index in [2.05, 4.69) is 42.7 Å². The maximum atomic E-state index is 12.4. The average molecular weight is 741 g/mol. The fourth-order valence-electron chi connectivity index (χ4n) is 5.38. The number of phosphoric acid groups is 1. The van der Waals surface area contributed by atoms with Crippen molar-refractivity contribution in [2.75, 3.05) is 13.2 Å². The molecule has 0 aliphatic carbocycles. The van der Waals surface area contributed by atoms with E-state index in [0.717, 1.165) is 51.4 Å². The molecule has 0 saturated carbocycles. The van der Waals surface area contributed by atoms with Crippen LogP contribution in [0.5, 0.6) is 0 Å². The molecule has 3 N–H and O–H groups in total. The number of hydrogen-bond acceptors (Lipinski definition) is 7. The minimum Gasteiger partial charge on any atom is -0.462 e. The Kier molecular flexibility index (Phi) is 34.9. The first-order chi connectivity index (χ1) is 24.7. The number of carbonyl (C=O) groups excluding carboxylic acids is 2. The molecule has 0 radical (unpaired) electrons. The van der Waals surface area contributed by atoms with Gasteiger partial charge < -0.3 is 24.4 Å². The van der Waals surface area contributed by atoms with Gasteiger partial charge in [-0.2, -0.15) is 0 Å². The lowest BCUT2D eigenvalue weighted by Gasteiger charge is -2.18. The van der Waals surface area contributed by atoms with Crippen LogP contribution in [-0.2, 0) is 28.2 Å². The second kappa shape index (κ2) is 36.3. The highest BCUT2D eigenvalue weighted by Crippen LogP contribution is 2.36. The minimum absolute atomic E-state index is 0.0407. The second-order valence-electron chi connectivity index (χ2n) is 13.5. The lowest BCUT2D eigenvalue weighted by atomic mass is 10.1. The topological polar surface area (TPSA) is 140 Å². The quantitative estimate of drug-likeness (QED) is 0.0188. The molecule has 10 heteroatoms. The molecule has 0 saturated heterocycles. The molecule has 0 fully saturated rings. The molecule has 2 atom stereocenters. The van der Waals surface area contributed by atoms with Crippen molar-refractivity contribution in [1.29, 1.82) is 0 Å². The average Bonchev–Trinajstić information content (AvgIpc) is 3.09. The van der Waals surface area contributed by atoms with Gasteiger partial charge in [-0.25, -0.2) is 4.57 Å². The number of aliphatic hydroxyl groups excluding tert-OH is 1. The van der Waals surface area contributed by atoms with E-state index in [4.69, 9.17) is 19.3 Å². The van der Waals surface area contributed by atoms with E-state index < -0.39 is 38.6 Å². The Hall–Kier alpha value is -2.03. The molecule has 0 amide bonds. The first kappa shape index (κ1) is 49.0. The van der Waals surface area contributed by atoms with Gasteiger partial charge in [-0.15, -0.1) is 0 Å². The summed E-state index contributed by atoms with van der Waals surface area (Å²) in [6.07, 6.45) is 40.1. The highest BCUT2D eigenvalue weighted by molar-refractivity contribution is 7.46. The van der Waals surface area contributed by atoms with E-state index in [9.17, 15) is 19.3 Å². The number of esters is 2. The predicted molar refractivity (Wildman–Crippen MR) is 208 cm³/mol. The van der Waals surface area contributed by atoms with E-state index in [-0.39, 0.29) is 19.4 Å². The van der Waals surface area contributed by atoms with Gasteiger partial charge in [0.1, 0.15) is 6.61 Å². The summed E-state index contributed by atoms with van der Waals surface area (Å²) >= 11 is 0. The lowest BCUT2D eigenvalue weighted by molar-refractivity contribution is -0.161. The molecule has 0 aliphatic rings. The molecule has 51 heavy (non-hydrogen) atoms. The van der Waals surface area contributed by atoms with Crippen LogP contribution in [0.3, 0.4) is 0 Å². The third-order valence-corrected chi connectivity index (χ3v) is 8.91. The predicted octanol–water partition coefficient (Wildman–Crippen LogP) is 10.9. The number of unbranched alkanes of at least 4 members (excludes halogenated alkanes) is 17. The van der Waals surface area contributed by atoms with Crippen LogP contribution in [0.15, 0.2) is 48.6 Å². The van der Waals surface area contributed by atoms with Crippen molar-refractivity contribution < 1.29 is 43.0 Å². The molecule has 0 rings (SSSR count).